The first kappa shape index (κ1) is 61.2. The Balaban J connectivity index is 0.000000195. The van der Waals surface area contributed by atoms with Crippen LogP contribution in [0.1, 0.15) is 114 Å². The molecule has 5 aromatic rings. The van der Waals surface area contributed by atoms with Crippen molar-refractivity contribution in [3.63, 3.8) is 0 Å². The summed E-state index contributed by atoms with van der Waals surface area (Å²) in [6.45, 7) is 18.0. The maximum Gasteiger partial charge on any atom is 0.348 e. The molecule has 0 aliphatic carbocycles. The van der Waals surface area contributed by atoms with E-state index < -0.39 is 52.5 Å². The zero-order valence-corrected chi connectivity index (χ0v) is 51.4. The molecule has 5 N–H and O–H groups in total. The van der Waals surface area contributed by atoms with Crippen LogP contribution in [-0.4, -0.2) is 91.1 Å². The highest BCUT2D eigenvalue weighted by atomic mass is 79.9. The number of halogens is 2. The molecule has 0 spiro atoms. The maximum absolute atomic E-state index is 13.2. The molecule has 8 rings (SSSR count). The summed E-state index contributed by atoms with van der Waals surface area (Å²) in [6, 6.07) is 9.51. The van der Waals surface area contributed by atoms with Crippen LogP contribution in [0.5, 0.6) is 17.2 Å². The van der Waals surface area contributed by atoms with Crippen LogP contribution < -0.4 is 29.4 Å². The van der Waals surface area contributed by atoms with Crippen LogP contribution in [-0.2, 0) is 58.7 Å². The lowest BCUT2D eigenvalue weighted by Crippen LogP contribution is -2.29. The Bertz CT molecular complexity index is 3490. The number of anilines is 2. The van der Waals surface area contributed by atoms with Crippen molar-refractivity contribution in [2.24, 2.45) is 16.6 Å². The summed E-state index contributed by atoms with van der Waals surface area (Å²) in [5, 5.41) is 12.2. The number of hydrogen-bond donors (Lipinski definition) is 4. The Hall–Kier alpha value is -5.05. The number of methoxy groups -OCH3 is 1. The van der Waals surface area contributed by atoms with E-state index in [9.17, 15) is 39.6 Å². The number of rotatable bonds is 16. The number of ketones is 1. The Kier molecular flexibility index (Phi) is 19.2. The standard InChI is InChI=1S/C22H26BrN3O6S2.C17H26O3S.C13H10BrNO5S2/c1-13(24)25-7-3-4-15(22(28)31-2)11-18(27)21-17(6-9-33-21)26-34(29,30)19-12-16(23)10-14-5-8-32-20(14)19;1-10-11(2)15(21(18,19)16(4,5)6)12(3)13-9-17(7,8)20-14(10)13;14-8-5-7-1-3-20-11(7)10(6-8)22(18,19)15-9-2-4-21-12(9)13(16)17/h6,9-10,12,15,26H,3-5,7-8,11H2,1-2H3,(H2,24,25);9H2,1-8H3;2,4-6,15H,1,3H2,(H,16,17)/t15-;;/m1../s1. The summed E-state index contributed by atoms with van der Waals surface area (Å²) in [6.07, 6.45) is 2.84. The highest BCUT2D eigenvalue weighted by molar-refractivity contribution is 9.10. The van der Waals surface area contributed by atoms with Crippen LogP contribution in [0.15, 0.2) is 75.8 Å². The van der Waals surface area contributed by atoms with Gasteiger partial charge >= 0.3 is 11.9 Å². The van der Waals surface area contributed by atoms with Gasteiger partial charge in [0, 0.05) is 57.9 Å². The molecule has 77 heavy (non-hydrogen) atoms. The summed E-state index contributed by atoms with van der Waals surface area (Å²) in [7, 11) is -10.1. The van der Waals surface area contributed by atoms with Gasteiger partial charge in [-0.15, -0.1) is 22.7 Å². The average molecular weight is 1290 g/mol. The van der Waals surface area contributed by atoms with E-state index in [0.29, 0.717) is 76.6 Å². The van der Waals surface area contributed by atoms with Gasteiger partial charge in [-0.2, -0.15) is 0 Å². The molecule has 25 heteroatoms. The van der Waals surface area contributed by atoms with Crippen LogP contribution in [0.3, 0.4) is 0 Å². The lowest BCUT2D eigenvalue weighted by atomic mass is 9.94. The van der Waals surface area contributed by atoms with Gasteiger partial charge in [-0.1, -0.05) is 31.9 Å². The zero-order valence-electron chi connectivity index (χ0n) is 44.1. The van der Waals surface area contributed by atoms with Gasteiger partial charge in [0.25, 0.3) is 20.0 Å². The third-order valence-corrected chi connectivity index (χ3v) is 21.0. The fourth-order valence-corrected chi connectivity index (χ4v) is 16.0. The molecule has 2 aromatic heterocycles. The van der Waals surface area contributed by atoms with Gasteiger partial charge in [0.05, 0.1) is 58.0 Å². The molecule has 3 aromatic carbocycles. The average Bonchev–Trinajstić information content (AvgIpc) is 4.20. The molecule has 3 aliphatic rings. The van der Waals surface area contributed by atoms with Gasteiger partial charge in [0.2, 0.25) is 0 Å². The molecule has 418 valence electrons. The summed E-state index contributed by atoms with van der Waals surface area (Å²) >= 11 is 8.69. The molecule has 0 saturated carbocycles. The van der Waals surface area contributed by atoms with Gasteiger partial charge in [-0.25, -0.2) is 30.0 Å². The topological polar surface area (TPSA) is 273 Å². The second kappa shape index (κ2) is 24.1. The number of aliphatic imine (C=N–C) groups is 1. The summed E-state index contributed by atoms with van der Waals surface area (Å²) in [5.74, 6) is -0.726. The van der Waals surface area contributed by atoms with Gasteiger partial charge < -0.3 is 29.8 Å². The Morgan fingerprint density at radius 1 is 0.818 bits per heavy atom. The normalized spacial score (nSPS) is 14.9. The van der Waals surface area contributed by atoms with Crippen molar-refractivity contribution >= 4 is 119 Å². The number of carboxylic acid groups (broad SMARTS) is 1. The first-order valence-electron chi connectivity index (χ1n) is 24.1. The number of aromatic carboxylic acids is 1. The van der Waals surface area contributed by atoms with Crippen LogP contribution in [0.2, 0.25) is 0 Å². The van der Waals surface area contributed by atoms with Gasteiger partial charge in [-0.3, -0.25) is 24.0 Å². The molecule has 0 saturated heterocycles. The van der Waals surface area contributed by atoms with E-state index >= 15 is 0 Å². The van der Waals surface area contributed by atoms with E-state index in [1.165, 1.54) is 36.8 Å². The van der Waals surface area contributed by atoms with Crippen LogP contribution in [0.4, 0.5) is 11.4 Å². The number of esters is 1. The van der Waals surface area contributed by atoms with E-state index in [1.807, 2.05) is 46.8 Å². The van der Waals surface area contributed by atoms with Crippen molar-refractivity contribution < 1.29 is 63.7 Å². The minimum absolute atomic E-state index is 0.00200. The largest absolute Gasteiger partial charge is 0.492 e. The number of sulfone groups is 1. The molecule has 0 unspecified atom stereocenters. The first-order valence-corrected chi connectivity index (χ1v) is 31.9. The number of Topliss-reactive ketones (excluding diaryl/α,β-unsaturated/α-hetero) is 1. The third-order valence-electron chi connectivity index (χ3n) is 12.7. The van der Waals surface area contributed by atoms with Crippen LogP contribution in [0.25, 0.3) is 0 Å². The van der Waals surface area contributed by atoms with E-state index in [2.05, 4.69) is 46.3 Å². The second-order valence-electron chi connectivity index (χ2n) is 20.0. The number of fused-ring (bicyclic) bond motifs is 3. The Morgan fingerprint density at radius 2 is 1.32 bits per heavy atom. The van der Waals surface area contributed by atoms with E-state index in [1.54, 1.807) is 33.1 Å². The number of benzene rings is 3. The lowest BCUT2D eigenvalue weighted by molar-refractivity contribution is -0.145. The molecular weight excluding hydrogens is 1220 g/mol. The fourth-order valence-electron chi connectivity index (χ4n) is 8.76. The van der Waals surface area contributed by atoms with Crippen LogP contribution >= 0.6 is 54.5 Å². The number of amidine groups is 1. The van der Waals surface area contributed by atoms with Crippen molar-refractivity contribution in [3.05, 3.63) is 99.2 Å². The quantitative estimate of drug-likeness (QED) is 0.0235. The highest BCUT2D eigenvalue weighted by Crippen LogP contribution is 2.46. The number of carbonyl (C=O) groups is 3. The number of ether oxygens (including phenoxy) is 4. The van der Waals surface area contributed by atoms with Crippen molar-refractivity contribution in [1.29, 1.82) is 0 Å². The molecule has 3 aliphatic heterocycles. The monoisotopic (exact) mass is 1280 g/mol. The summed E-state index contributed by atoms with van der Waals surface area (Å²) in [5.41, 5.74) is 10.7. The number of nitrogens with two attached hydrogens (primary N) is 1. The molecule has 0 amide bonds. The minimum atomic E-state index is -4.03. The number of carbonyl (C=O) groups excluding carboxylic acids is 2. The van der Waals surface area contributed by atoms with Crippen LogP contribution in [0, 0.1) is 26.7 Å². The second-order valence-corrected chi connectivity index (χ2v) is 29.6. The molecule has 0 radical (unpaired) electrons. The number of nitrogens with zero attached hydrogens (tertiary/aromatic N) is 1. The fraction of sp³-hybridized carbons (Fsp3) is 0.423. The first-order chi connectivity index (χ1) is 35.8. The predicted octanol–water partition coefficient (Wildman–Crippen LogP) is 10.6. The van der Waals surface area contributed by atoms with Crippen molar-refractivity contribution in [2.45, 2.75) is 126 Å². The maximum atomic E-state index is 13.2. The third kappa shape index (κ3) is 14.0. The smallest absolute Gasteiger partial charge is 0.348 e. The van der Waals surface area contributed by atoms with Gasteiger partial charge in [0.1, 0.15) is 37.5 Å². The molecule has 1 atom stereocenters. The highest BCUT2D eigenvalue weighted by Gasteiger charge is 2.40. The molecule has 18 nitrogen and oxygen atoms in total. The number of hydrogen-bond acceptors (Lipinski definition) is 16. The number of carboxylic acids is 1. The number of nitrogens with one attached hydrogen (secondary N) is 2. The Morgan fingerprint density at radius 3 is 1.81 bits per heavy atom. The predicted molar refractivity (Wildman–Crippen MR) is 306 cm³/mol. The van der Waals surface area contributed by atoms with Crippen molar-refractivity contribution in [2.75, 3.05) is 36.3 Å². The lowest BCUT2D eigenvalue weighted by Gasteiger charge is -2.24. The zero-order chi connectivity index (χ0) is 57.2. The van der Waals surface area contributed by atoms with E-state index in [4.69, 9.17) is 29.8 Å². The molecule has 0 fully saturated rings. The Labute approximate surface area is 474 Å². The summed E-state index contributed by atoms with van der Waals surface area (Å²) in [4.78, 5) is 41.1. The molecule has 0 bridgehead atoms. The number of sulfonamides is 2. The van der Waals surface area contributed by atoms with E-state index in [0.717, 1.165) is 68.2 Å². The van der Waals surface area contributed by atoms with Crippen molar-refractivity contribution in [1.82, 2.24) is 0 Å². The van der Waals surface area contributed by atoms with Gasteiger partial charge in [-0.05, 0) is 139 Å². The minimum Gasteiger partial charge on any atom is -0.492 e. The SMILES string of the molecule is COC(=O)[C@H](CCCN=C(C)N)CC(=O)c1sccc1NS(=O)(=O)c1cc(Br)cc2c1OCC2.Cc1c(C)c(S(=O)(=O)C(C)(C)C)c(C)c2c1OC(C)(C)C2.O=C(O)c1sccc1NS(=O)(=O)c1cc(Br)cc2c1OCC2. The summed E-state index contributed by atoms with van der Waals surface area (Å²) < 4.78 is 105. The molecule has 5 heterocycles. The van der Waals surface area contributed by atoms with Gasteiger partial charge in [0.15, 0.2) is 15.6 Å². The van der Waals surface area contributed by atoms with E-state index in [-0.39, 0.29) is 48.7 Å². The van der Waals surface area contributed by atoms with Crippen molar-refractivity contribution in [3.8, 4) is 17.2 Å². The number of thiophene rings is 2. The molecular formula is C52H62Br2N4O14S5.